The molecule has 1 aromatic rings. The molecule has 0 aliphatic carbocycles. The molecule has 0 bridgehead atoms. The smallest absolute Gasteiger partial charge is 0.210 e. The van der Waals surface area contributed by atoms with E-state index in [0.29, 0.717) is 25.4 Å². The molecule has 1 amide bonds. The lowest BCUT2D eigenvalue weighted by Crippen LogP contribution is -2.58. The van der Waals surface area contributed by atoms with Crippen molar-refractivity contribution in [3.8, 4) is 0 Å². The molecule has 1 saturated heterocycles. The second-order valence-corrected chi connectivity index (χ2v) is 7.92. The van der Waals surface area contributed by atoms with Gasteiger partial charge in [-0.2, -0.15) is 0 Å². The number of hydrogen-bond donors (Lipinski definition) is 2. The number of fused-ring (bicyclic) bond motifs is 3. The fourth-order valence-electron chi connectivity index (χ4n) is 4.07. The number of nitrogens with one attached hydrogen (secondary N) is 2. The number of nitrogens with zero attached hydrogens (tertiary/aromatic N) is 3. The van der Waals surface area contributed by atoms with Crippen molar-refractivity contribution in [2.45, 2.75) is 52.2 Å². The van der Waals surface area contributed by atoms with Crippen molar-refractivity contribution >= 4 is 30.4 Å². The van der Waals surface area contributed by atoms with Gasteiger partial charge in [0.25, 0.3) is 0 Å². The number of rotatable bonds is 8. The highest BCUT2D eigenvalue weighted by molar-refractivity contribution is 5.76. The van der Waals surface area contributed by atoms with E-state index in [9.17, 15) is 14.4 Å². The summed E-state index contributed by atoms with van der Waals surface area (Å²) in [7, 11) is 5.86. The molecule has 2 unspecified atom stereocenters. The molecular formula is C24H41N5O3. The van der Waals surface area contributed by atoms with E-state index in [1.54, 1.807) is 0 Å². The van der Waals surface area contributed by atoms with Crippen molar-refractivity contribution in [1.82, 2.24) is 15.5 Å². The van der Waals surface area contributed by atoms with Crippen LogP contribution in [-0.2, 0) is 20.9 Å². The maximum absolute atomic E-state index is 11.6. The van der Waals surface area contributed by atoms with E-state index >= 15 is 0 Å². The highest BCUT2D eigenvalue weighted by Gasteiger charge is 2.31. The van der Waals surface area contributed by atoms with Gasteiger partial charge in [-0.25, -0.2) is 0 Å². The van der Waals surface area contributed by atoms with E-state index < -0.39 is 6.04 Å². The van der Waals surface area contributed by atoms with Crippen LogP contribution in [0.5, 0.6) is 0 Å². The molecule has 2 atom stereocenters. The number of hydrogen-bond acceptors (Lipinski definition) is 7. The van der Waals surface area contributed by atoms with Crippen LogP contribution in [0.4, 0.5) is 11.4 Å². The molecule has 8 nitrogen and oxygen atoms in total. The first-order chi connectivity index (χ1) is 15.5. The van der Waals surface area contributed by atoms with Crippen molar-refractivity contribution in [1.29, 1.82) is 0 Å². The zero-order valence-corrected chi connectivity index (χ0v) is 20.6. The van der Waals surface area contributed by atoms with Crippen molar-refractivity contribution in [2.75, 3.05) is 57.1 Å². The monoisotopic (exact) mass is 447 g/mol. The minimum Gasteiger partial charge on any atom is -0.371 e. The van der Waals surface area contributed by atoms with E-state index in [1.165, 1.54) is 16.3 Å². The second kappa shape index (κ2) is 14.6. The van der Waals surface area contributed by atoms with Crippen LogP contribution in [-0.4, -0.2) is 83.3 Å². The average molecular weight is 448 g/mol. The Labute approximate surface area is 193 Å². The summed E-state index contributed by atoms with van der Waals surface area (Å²) in [6.45, 7) is 10.3. The van der Waals surface area contributed by atoms with Gasteiger partial charge < -0.3 is 34.9 Å². The van der Waals surface area contributed by atoms with Gasteiger partial charge in [0.1, 0.15) is 12.6 Å². The van der Waals surface area contributed by atoms with E-state index in [4.69, 9.17) is 0 Å². The summed E-state index contributed by atoms with van der Waals surface area (Å²) in [6, 6.07) is 4.20. The summed E-state index contributed by atoms with van der Waals surface area (Å²) in [5.41, 5.74) is 4.53. The Morgan fingerprint density at radius 3 is 2.50 bits per heavy atom. The predicted molar refractivity (Wildman–Crippen MR) is 132 cm³/mol. The standard InChI is InChI=1S/C20H28N4O3.C2H7N.C2H6/c1-15-8-19-20(24-6-5-21-10-18(24)12-22(19)2)9-16(15)11-23(14-27)17(13-26)4-3-7-25;1-3-2;1-2/h7-9,13-14,17-18,21H,3-6,10-12H2,1-2H3;3H,1-2H3;1-2H3. The van der Waals surface area contributed by atoms with Crippen LogP contribution in [0, 0.1) is 6.92 Å². The lowest BCUT2D eigenvalue weighted by molar-refractivity contribution is -0.126. The van der Waals surface area contributed by atoms with Crippen LogP contribution in [0.1, 0.15) is 37.8 Å². The van der Waals surface area contributed by atoms with Crippen molar-refractivity contribution in [3.63, 3.8) is 0 Å². The van der Waals surface area contributed by atoms with Gasteiger partial charge in [-0.15, -0.1) is 0 Å². The van der Waals surface area contributed by atoms with Crippen molar-refractivity contribution in [3.05, 3.63) is 23.3 Å². The van der Waals surface area contributed by atoms with Crippen LogP contribution < -0.4 is 20.4 Å². The van der Waals surface area contributed by atoms with Gasteiger partial charge in [0.15, 0.2) is 0 Å². The van der Waals surface area contributed by atoms with Crippen molar-refractivity contribution in [2.24, 2.45) is 0 Å². The molecule has 32 heavy (non-hydrogen) atoms. The van der Waals surface area contributed by atoms with Crippen LogP contribution in [0.2, 0.25) is 0 Å². The van der Waals surface area contributed by atoms with Crippen LogP contribution in [0.25, 0.3) is 0 Å². The number of anilines is 2. The number of aldehydes is 2. The molecule has 0 aromatic heterocycles. The molecule has 0 radical (unpaired) electrons. The number of benzene rings is 1. The fraction of sp³-hybridized carbons (Fsp3) is 0.625. The Kier molecular flexibility index (Phi) is 12.6. The Bertz CT molecular complexity index is 728. The van der Waals surface area contributed by atoms with Gasteiger partial charge in [0.2, 0.25) is 6.41 Å². The van der Waals surface area contributed by atoms with Crippen LogP contribution in [0.15, 0.2) is 12.1 Å². The largest absolute Gasteiger partial charge is 0.371 e. The molecule has 180 valence electrons. The van der Waals surface area contributed by atoms with Gasteiger partial charge in [0, 0.05) is 46.2 Å². The van der Waals surface area contributed by atoms with E-state index in [0.717, 1.165) is 49.9 Å². The summed E-state index contributed by atoms with van der Waals surface area (Å²) >= 11 is 0. The molecule has 1 fully saturated rings. The Morgan fingerprint density at radius 1 is 1.22 bits per heavy atom. The first-order valence-corrected chi connectivity index (χ1v) is 11.5. The van der Waals surface area contributed by atoms with Crippen molar-refractivity contribution < 1.29 is 14.4 Å². The summed E-state index contributed by atoms with van der Waals surface area (Å²) in [5, 5.41) is 6.20. The summed E-state index contributed by atoms with van der Waals surface area (Å²) < 4.78 is 0. The number of aryl methyl sites for hydroxylation is 1. The zero-order chi connectivity index (χ0) is 24.1. The van der Waals surface area contributed by atoms with E-state index in [1.807, 2.05) is 34.9 Å². The quantitative estimate of drug-likeness (QED) is 0.586. The van der Waals surface area contributed by atoms with E-state index in [-0.39, 0.29) is 6.42 Å². The van der Waals surface area contributed by atoms with Gasteiger partial charge >= 0.3 is 0 Å². The van der Waals surface area contributed by atoms with Gasteiger partial charge in [-0.3, -0.25) is 4.79 Å². The highest BCUT2D eigenvalue weighted by atomic mass is 16.1. The molecule has 0 spiro atoms. The Morgan fingerprint density at radius 2 is 1.91 bits per heavy atom. The molecule has 0 saturated carbocycles. The maximum Gasteiger partial charge on any atom is 0.210 e. The average Bonchev–Trinajstić information content (AvgIpc) is 2.81. The van der Waals surface area contributed by atoms with Gasteiger partial charge in [-0.05, 0) is 50.7 Å². The normalized spacial score (nSPS) is 17.4. The van der Waals surface area contributed by atoms with Crippen LogP contribution in [0.3, 0.4) is 0 Å². The maximum atomic E-state index is 11.6. The molecule has 8 heteroatoms. The van der Waals surface area contributed by atoms with Crippen LogP contribution >= 0.6 is 0 Å². The third-order valence-corrected chi connectivity index (χ3v) is 5.64. The summed E-state index contributed by atoms with van der Waals surface area (Å²) in [6.07, 6.45) is 2.88. The number of carbonyl (C=O) groups is 3. The molecule has 2 heterocycles. The number of piperazine rings is 1. The third-order valence-electron chi connectivity index (χ3n) is 5.64. The third kappa shape index (κ3) is 7.03. The Balaban J connectivity index is 0.000000944. The minimum atomic E-state index is -0.572. The van der Waals surface area contributed by atoms with E-state index in [2.05, 4.69) is 39.6 Å². The zero-order valence-electron chi connectivity index (χ0n) is 20.6. The predicted octanol–water partition coefficient (Wildman–Crippen LogP) is 1.59. The van der Waals surface area contributed by atoms with Gasteiger partial charge in [-0.1, -0.05) is 13.8 Å². The van der Waals surface area contributed by atoms with Gasteiger partial charge in [0.05, 0.1) is 23.5 Å². The summed E-state index contributed by atoms with van der Waals surface area (Å²) in [5.74, 6) is 0. The molecule has 2 aliphatic heterocycles. The molecular weight excluding hydrogens is 406 g/mol. The Hall–Kier alpha value is -2.45. The first kappa shape index (κ1) is 27.6. The lowest BCUT2D eigenvalue weighted by atomic mass is 9.99. The SMILES string of the molecule is CC.CNC.Cc1cc2c(cc1CN(C=O)C(C=O)CCC=O)N1CCNCC1CN2C. The first-order valence-electron chi connectivity index (χ1n) is 11.5. The number of amides is 1. The fourth-order valence-corrected chi connectivity index (χ4v) is 4.07. The highest BCUT2D eigenvalue weighted by Crippen LogP contribution is 2.37. The summed E-state index contributed by atoms with van der Waals surface area (Å²) in [4.78, 5) is 39.9. The topological polar surface area (TPSA) is 85.0 Å². The minimum absolute atomic E-state index is 0.268. The molecule has 2 aliphatic rings. The number of likely N-dealkylation sites (N-methyl/N-ethyl adjacent to an activating group) is 1. The number of carbonyl (C=O) groups excluding carboxylic acids is 3. The second-order valence-electron chi connectivity index (χ2n) is 7.92. The lowest BCUT2D eigenvalue weighted by Gasteiger charge is -2.46. The molecule has 2 N–H and O–H groups in total. The molecule has 1 aromatic carbocycles. The molecule has 3 rings (SSSR count).